The van der Waals surface area contributed by atoms with Crippen LogP contribution in [0.4, 0.5) is 0 Å². The van der Waals surface area contributed by atoms with E-state index in [9.17, 15) is 5.11 Å². The zero-order valence-corrected chi connectivity index (χ0v) is 11.8. The van der Waals surface area contributed by atoms with Crippen molar-refractivity contribution in [2.75, 3.05) is 0 Å². The second kappa shape index (κ2) is 4.74. The Morgan fingerprint density at radius 2 is 1.67 bits per heavy atom. The van der Waals surface area contributed by atoms with E-state index in [2.05, 4.69) is 27.6 Å². The van der Waals surface area contributed by atoms with Gasteiger partial charge in [-0.1, -0.05) is 36.4 Å². The van der Waals surface area contributed by atoms with Crippen molar-refractivity contribution in [3.63, 3.8) is 0 Å². The van der Waals surface area contributed by atoms with Crippen molar-refractivity contribution in [3.05, 3.63) is 69.4 Å². The topological polar surface area (TPSA) is 36.0 Å². The monoisotopic (exact) mass is 349 g/mol. The normalized spacial score (nSPS) is 12.8. The van der Waals surface area contributed by atoms with Gasteiger partial charge >= 0.3 is 0 Å². The van der Waals surface area contributed by atoms with Gasteiger partial charge in [0.2, 0.25) is 0 Å². The fourth-order valence-corrected chi connectivity index (χ4v) is 2.87. The molecule has 0 aliphatic carbocycles. The van der Waals surface area contributed by atoms with Gasteiger partial charge in [0.05, 0.1) is 0 Å². The SMILES string of the molecule is OC(c1ccccc1I)c1c[nH]c2ccccc12. The fraction of sp³-hybridized carbons (Fsp3) is 0.0667. The number of aliphatic hydroxyl groups is 1. The molecule has 0 radical (unpaired) electrons. The Labute approximate surface area is 119 Å². The largest absolute Gasteiger partial charge is 0.384 e. The van der Waals surface area contributed by atoms with Crippen LogP contribution in [0.5, 0.6) is 0 Å². The summed E-state index contributed by atoms with van der Waals surface area (Å²) in [6, 6.07) is 15.9. The zero-order chi connectivity index (χ0) is 12.5. The van der Waals surface area contributed by atoms with Crippen LogP contribution in [0, 0.1) is 3.57 Å². The lowest BCUT2D eigenvalue weighted by atomic mass is 10.0. The Balaban J connectivity index is 2.13. The number of benzene rings is 2. The standard InChI is InChI=1S/C15H12INO/c16-13-7-3-1-6-11(13)15(18)12-9-17-14-8-4-2-5-10(12)14/h1-9,15,17-18H. The first kappa shape index (κ1) is 11.7. The summed E-state index contributed by atoms with van der Waals surface area (Å²) in [4.78, 5) is 3.20. The van der Waals surface area contributed by atoms with E-state index in [4.69, 9.17) is 0 Å². The number of aliphatic hydroxyl groups excluding tert-OH is 1. The molecule has 0 amide bonds. The summed E-state index contributed by atoms with van der Waals surface area (Å²) < 4.78 is 1.08. The van der Waals surface area contributed by atoms with Crippen molar-refractivity contribution >= 4 is 33.5 Å². The highest BCUT2D eigenvalue weighted by atomic mass is 127. The number of para-hydroxylation sites is 1. The molecule has 1 aromatic heterocycles. The summed E-state index contributed by atoms with van der Waals surface area (Å²) in [6.07, 6.45) is 1.30. The molecule has 3 rings (SSSR count). The highest BCUT2D eigenvalue weighted by molar-refractivity contribution is 14.1. The molecule has 2 N–H and O–H groups in total. The maximum absolute atomic E-state index is 10.5. The number of hydrogen-bond donors (Lipinski definition) is 2. The van der Waals surface area contributed by atoms with Gasteiger partial charge < -0.3 is 10.1 Å². The summed E-state index contributed by atoms with van der Waals surface area (Å²) >= 11 is 2.25. The van der Waals surface area contributed by atoms with Crippen LogP contribution in [0.2, 0.25) is 0 Å². The third-order valence-electron chi connectivity index (χ3n) is 3.12. The molecule has 3 heteroatoms. The van der Waals surface area contributed by atoms with Crippen molar-refractivity contribution in [1.82, 2.24) is 4.98 Å². The fourth-order valence-electron chi connectivity index (χ4n) is 2.18. The van der Waals surface area contributed by atoms with E-state index in [1.54, 1.807) is 0 Å². The van der Waals surface area contributed by atoms with E-state index >= 15 is 0 Å². The summed E-state index contributed by atoms with van der Waals surface area (Å²) in [7, 11) is 0. The summed E-state index contributed by atoms with van der Waals surface area (Å²) in [5.74, 6) is 0. The Morgan fingerprint density at radius 1 is 0.944 bits per heavy atom. The molecule has 1 heterocycles. The molecule has 0 fully saturated rings. The number of H-pyrrole nitrogens is 1. The lowest BCUT2D eigenvalue weighted by molar-refractivity contribution is 0.221. The Bertz CT molecular complexity index is 690. The second-order valence-corrected chi connectivity index (χ2v) is 5.38. The van der Waals surface area contributed by atoms with Gasteiger partial charge in [-0.05, 0) is 40.3 Å². The first-order valence-corrected chi connectivity index (χ1v) is 6.84. The molecule has 1 atom stereocenters. The predicted octanol–water partition coefficient (Wildman–Crippen LogP) is 3.85. The Morgan fingerprint density at radius 3 is 2.50 bits per heavy atom. The molecule has 3 aromatic rings. The number of aromatic nitrogens is 1. The lowest BCUT2D eigenvalue weighted by Crippen LogP contribution is -2.00. The van der Waals surface area contributed by atoms with Gasteiger partial charge in [-0.2, -0.15) is 0 Å². The summed E-state index contributed by atoms with van der Waals surface area (Å²) in [5, 5.41) is 11.6. The molecular formula is C15H12INO. The van der Waals surface area contributed by atoms with Crippen LogP contribution in [-0.4, -0.2) is 10.1 Å². The van der Waals surface area contributed by atoms with E-state index < -0.39 is 6.10 Å². The second-order valence-electron chi connectivity index (χ2n) is 4.21. The highest BCUT2D eigenvalue weighted by Gasteiger charge is 2.16. The lowest BCUT2D eigenvalue weighted by Gasteiger charge is -2.12. The van der Waals surface area contributed by atoms with E-state index in [1.807, 2.05) is 54.7 Å². The number of nitrogens with one attached hydrogen (secondary N) is 1. The maximum atomic E-state index is 10.5. The molecule has 18 heavy (non-hydrogen) atoms. The van der Waals surface area contributed by atoms with Gasteiger partial charge in [0.15, 0.2) is 0 Å². The van der Waals surface area contributed by atoms with Crippen LogP contribution in [0.25, 0.3) is 10.9 Å². The summed E-state index contributed by atoms with van der Waals surface area (Å²) in [5.41, 5.74) is 2.93. The van der Waals surface area contributed by atoms with Gasteiger partial charge in [0, 0.05) is 26.2 Å². The number of hydrogen-bond acceptors (Lipinski definition) is 1. The van der Waals surface area contributed by atoms with Crippen molar-refractivity contribution in [2.24, 2.45) is 0 Å². The minimum atomic E-state index is -0.589. The molecule has 0 saturated carbocycles. The maximum Gasteiger partial charge on any atom is 0.107 e. The van der Waals surface area contributed by atoms with Gasteiger partial charge in [-0.15, -0.1) is 0 Å². The van der Waals surface area contributed by atoms with Crippen molar-refractivity contribution in [1.29, 1.82) is 0 Å². The molecule has 0 spiro atoms. The molecule has 0 bridgehead atoms. The van der Waals surface area contributed by atoms with Crippen molar-refractivity contribution < 1.29 is 5.11 Å². The van der Waals surface area contributed by atoms with E-state index in [1.165, 1.54) is 0 Å². The molecule has 0 saturated heterocycles. The Hall–Kier alpha value is -1.33. The van der Waals surface area contributed by atoms with Gasteiger partial charge in [0.1, 0.15) is 6.10 Å². The minimum absolute atomic E-state index is 0.589. The van der Waals surface area contributed by atoms with Gasteiger partial charge in [-0.25, -0.2) is 0 Å². The molecular weight excluding hydrogens is 337 g/mol. The van der Waals surface area contributed by atoms with Crippen LogP contribution in [-0.2, 0) is 0 Å². The number of aromatic amines is 1. The molecule has 2 nitrogen and oxygen atoms in total. The third kappa shape index (κ3) is 1.93. The van der Waals surface area contributed by atoms with Crippen LogP contribution in [0.1, 0.15) is 17.2 Å². The predicted molar refractivity (Wildman–Crippen MR) is 81.5 cm³/mol. The van der Waals surface area contributed by atoms with E-state index in [0.29, 0.717) is 0 Å². The average Bonchev–Trinajstić information content (AvgIpc) is 2.82. The smallest absolute Gasteiger partial charge is 0.107 e. The number of fused-ring (bicyclic) bond motifs is 1. The van der Waals surface area contributed by atoms with E-state index in [0.717, 1.165) is 25.6 Å². The number of halogens is 1. The van der Waals surface area contributed by atoms with Crippen LogP contribution >= 0.6 is 22.6 Å². The van der Waals surface area contributed by atoms with Crippen molar-refractivity contribution in [2.45, 2.75) is 6.10 Å². The molecule has 0 aliphatic heterocycles. The Kier molecular flexibility index (Phi) is 3.09. The minimum Gasteiger partial charge on any atom is -0.384 e. The van der Waals surface area contributed by atoms with Crippen molar-refractivity contribution in [3.8, 4) is 0 Å². The highest BCUT2D eigenvalue weighted by Crippen LogP contribution is 2.30. The molecule has 1 unspecified atom stereocenters. The summed E-state index contributed by atoms with van der Waals surface area (Å²) in [6.45, 7) is 0. The third-order valence-corrected chi connectivity index (χ3v) is 4.10. The quantitative estimate of drug-likeness (QED) is 0.678. The van der Waals surface area contributed by atoms with Gasteiger partial charge in [0.25, 0.3) is 0 Å². The molecule has 90 valence electrons. The molecule has 2 aromatic carbocycles. The van der Waals surface area contributed by atoms with Crippen LogP contribution in [0.3, 0.4) is 0 Å². The molecule has 0 aliphatic rings. The van der Waals surface area contributed by atoms with Gasteiger partial charge in [-0.3, -0.25) is 0 Å². The van der Waals surface area contributed by atoms with E-state index in [-0.39, 0.29) is 0 Å². The zero-order valence-electron chi connectivity index (χ0n) is 9.60. The number of rotatable bonds is 2. The average molecular weight is 349 g/mol. The first-order valence-electron chi connectivity index (χ1n) is 5.76. The van der Waals surface area contributed by atoms with Crippen LogP contribution < -0.4 is 0 Å². The van der Waals surface area contributed by atoms with Crippen LogP contribution in [0.15, 0.2) is 54.7 Å². The first-order chi connectivity index (χ1) is 8.77.